The highest BCUT2D eigenvalue weighted by Crippen LogP contribution is 2.27. The van der Waals surface area contributed by atoms with Gasteiger partial charge in [0.1, 0.15) is 16.8 Å². The number of halogens is 2. The third-order valence-electron chi connectivity index (χ3n) is 2.92. The third-order valence-corrected chi connectivity index (χ3v) is 3.64. The van der Waals surface area contributed by atoms with Crippen molar-refractivity contribution < 1.29 is 0 Å². The minimum atomic E-state index is 0.0396. The lowest BCUT2D eigenvalue weighted by Crippen LogP contribution is -2.11. The number of aromatic nitrogens is 2. The number of nitrogens with one attached hydrogen (secondary N) is 1. The van der Waals surface area contributed by atoms with E-state index in [-0.39, 0.29) is 6.04 Å². The maximum Gasteiger partial charge on any atom is 0.137 e. The highest BCUT2D eigenvalue weighted by molar-refractivity contribution is 6.31. The highest BCUT2D eigenvalue weighted by Gasteiger charge is 2.13. The van der Waals surface area contributed by atoms with Crippen LogP contribution in [-0.2, 0) is 0 Å². The summed E-state index contributed by atoms with van der Waals surface area (Å²) in [6.07, 6.45) is 0. The predicted molar refractivity (Wildman–Crippen MR) is 80.0 cm³/mol. The first kappa shape index (κ1) is 14.1. The molecule has 0 aliphatic heterocycles. The molecule has 100 valence electrons. The SMILES string of the molecule is Cc1nc(Cl)c(C)c(NC(C)c2ccccc2Cl)n1. The molecule has 1 N–H and O–H groups in total. The average Bonchev–Trinajstić information content (AvgIpc) is 2.35. The van der Waals surface area contributed by atoms with Gasteiger partial charge >= 0.3 is 0 Å². The molecular formula is C14H15Cl2N3. The molecule has 0 saturated heterocycles. The van der Waals surface area contributed by atoms with Crippen LogP contribution in [0.25, 0.3) is 0 Å². The molecule has 2 aromatic rings. The zero-order valence-electron chi connectivity index (χ0n) is 11.0. The molecular weight excluding hydrogens is 281 g/mol. The molecule has 0 aliphatic rings. The van der Waals surface area contributed by atoms with E-state index in [0.29, 0.717) is 11.0 Å². The van der Waals surface area contributed by atoms with E-state index in [1.807, 2.05) is 45.0 Å². The molecule has 0 fully saturated rings. The van der Waals surface area contributed by atoms with Gasteiger partial charge < -0.3 is 5.32 Å². The van der Waals surface area contributed by atoms with E-state index in [2.05, 4.69) is 15.3 Å². The number of rotatable bonds is 3. The molecule has 19 heavy (non-hydrogen) atoms. The van der Waals surface area contributed by atoms with Gasteiger partial charge in [-0.15, -0.1) is 0 Å². The quantitative estimate of drug-likeness (QED) is 0.843. The molecule has 2 rings (SSSR count). The molecule has 1 heterocycles. The van der Waals surface area contributed by atoms with Crippen LogP contribution < -0.4 is 5.32 Å². The van der Waals surface area contributed by atoms with E-state index in [1.54, 1.807) is 0 Å². The van der Waals surface area contributed by atoms with Gasteiger partial charge in [-0.25, -0.2) is 9.97 Å². The van der Waals surface area contributed by atoms with Crippen LogP contribution >= 0.6 is 23.2 Å². The molecule has 1 atom stereocenters. The zero-order chi connectivity index (χ0) is 14.0. The van der Waals surface area contributed by atoms with Gasteiger partial charge in [0.15, 0.2) is 0 Å². The minimum absolute atomic E-state index is 0.0396. The number of anilines is 1. The summed E-state index contributed by atoms with van der Waals surface area (Å²) in [5.74, 6) is 1.38. The number of nitrogens with zero attached hydrogens (tertiary/aromatic N) is 2. The fraction of sp³-hybridized carbons (Fsp3) is 0.286. The largest absolute Gasteiger partial charge is 0.363 e. The second-order valence-electron chi connectivity index (χ2n) is 4.42. The zero-order valence-corrected chi connectivity index (χ0v) is 12.5. The van der Waals surface area contributed by atoms with Gasteiger partial charge in [-0.1, -0.05) is 41.4 Å². The Morgan fingerprint density at radius 3 is 2.47 bits per heavy atom. The summed E-state index contributed by atoms with van der Waals surface area (Å²) in [5.41, 5.74) is 1.86. The van der Waals surface area contributed by atoms with Crippen LogP contribution in [-0.4, -0.2) is 9.97 Å². The van der Waals surface area contributed by atoms with Crippen molar-refractivity contribution in [2.45, 2.75) is 26.8 Å². The van der Waals surface area contributed by atoms with Crippen LogP contribution in [0, 0.1) is 13.8 Å². The maximum atomic E-state index is 6.19. The Morgan fingerprint density at radius 1 is 1.11 bits per heavy atom. The van der Waals surface area contributed by atoms with Crippen molar-refractivity contribution in [3.8, 4) is 0 Å². The minimum Gasteiger partial charge on any atom is -0.363 e. The third kappa shape index (κ3) is 3.17. The molecule has 3 nitrogen and oxygen atoms in total. The van der Waals surface area contributed by atoms with Crippen LogP contribution in [0.5, 0.6) is 0 Å². The van der Waals surface area contributed by atoms with Gasteiger partial charge in [0, 0.05) is 10.6 Å². The Kier molecular flexibility index (Phi) is 4.27. The van der Waals surface area contributed by atoms with Gasteiger partial charge in [0.2, 0.25) is 0 Å². The monoisotopic (exact) mass is 295 g/mol. The van der Waals surface area contributed by atoms with E-state index in [1.165, 1.54) is 0 Å². The second-order valence-corrected chi connectivity index (χ2v) is 5.19. The van der Waals surface area contributed by atoms with Crippen molar-refractivity contribution >= 4 is 29.0 Å². The van der Waals surface area contributed by atoms with Crippen molar-refractivity contribution in [2.75, 3.05) is 5.32 Å². The van der Waals surface area contributed by atoms with Crippen LogP contribution in [0.2, 0.25) is 10.2 Å². The van der Waals surface area contributed by atoms with Gasteiger partial charge in [-0.2, -0.15) is 0 Å². The summed E-state index contributed by atoms with van der Waals surface area (Å²) < 4.78 is 0. The van der Waals surface area contributed by atoms with E-state index in [0.717, 1.165) is 22.0 Å². The molecule has 0 bridgehead atoms. The summed E-state index contributed by atoms with van der Waals surface area (Å²) >= 11 is 12.3. The lowest BCUT2D eigenvalue weighted by molar-refractivity contribution is 0.862. The summed E-state index contributed by atoms with van der Waals surface area (Å²) in [4.78, 5) is 8.50. The fourth-order valence-corrected chi connectivity index (χ4v) is 2.36. The Hall–Kier alpha value is -1.32. The second kappa shape index (κ2) is 5.76. The molecule has 0 saturated carbocycles. The summed E-state index contributed by atoms with van der Waals surface area (Å²) in [6, 6.07) is 7.78. The average molecular weight is 296 g/mol. The maximum absolute atomic E-state index is 6.19. The Labute approximate surface area is 123 Å². The summed E-state index contributed by atoms with van der Waals surface area (Å²) in [5, 5.41) is 4.54. The standard InChI is InChI=1S/C14H15Cl2N3/c1-8-13(16)18-10(3)19-14(8)17-9(2)11-6-4-5-7-12(11)15/h4-7,9H,1-3H3,(H,17,18,19). The lowest BCUT2D eigenvalue weighted by atomic mass is 10.1. The van der Waals surface area contributed by atoms with E-state index in [9.17, 15) is 0 Å². The summed E-state index contributed by atoms with van der Waals surface area (Å²) in [6.45, 7) is 5.74. The van der Waals surface area contributed by atoms with Crippen molar-refractivity contribution in [3.05, 3.63) is 51.4 Å². The van der Waals surface area contributed by atoms with Gasteiger partial charge in [-0.3, -0.25) is 0 Å². The fourth-order valence-electron chi connectivity index (χ4n) is 1.84. The molecule has 0 amide bonds. The molecule has 1 aromatic carbocycles. The Balaban J connectivity index is 2.29. The van der Waals surface area contributed by atoms with Gasteiger partial charge in [0.25, 0.3) is 0 Å². The molecule has 0 spiro atoms. The topological polar surface area (TPSA) is 37.8 Å². The van der Waals surface area contributed by atoms with Crippen molar-refractivity contribution in [1.82, 2.24) is 9.97 Å². The van der Waals surface area contributed by atoms with Crippen molar-refractivity contribution in [3.63, 3.8) is 0 Å². The number of benzene rings is 1. The van der Waals surface area contributed by atoms with Gasteiger partial charge in [0.05, 0.1) is 6.04 Å². The Bertz CT molecular complexity index is 599. The first-order chi connectivity index (χ1) is 8.99. The lowest BCUT2D eigenvalue weighted by Gasteiger charge is -2.18. The van der Waals surface area contributed by atoms with E-state index in [4.69, 9.17) is 23.2 Å². The van der Waals surface area contributed by atoms with E-state index >= 15 is 0 Å². The number of aryl methyl sites for hydroxylation is 1. The normalized spacial score (nSPS) is 12.3. The molecule has 0 radical (unpaired) electrons. The predicted octanol–water partition coefficient (Wildman–Crippen LogP) is 4.57. The molecule has 0 aliphatic carbocycles. The first-order valence-corrected chi connectivity index (χ1v) is 6.76. The Morgan fingerprint density at radius 2 is 1.79 bits per heavy atom. The smallest absolute Gasteiger partial charge is 0.137 e. The van der Waals surface area contributed by atoms with E-state index < -0.39 is 0 Å². The highest BCUT2D eigenvalue weighted by atomic mass is 35.5. The van der Waals surface area contributed by atoms with Crippen LogP contribution in [0.1, 0.15) is 29.9 Å². The van der Waals surface area contributed by atoms with Crippen LogP contribution in [0.3, 0.4) is 0 Å². The van der Waals surface area contributed by atoms with Crippen LogP contribution in [0.15, 0.2) is 24.3 Å². The molecule has 1 unspecified atom stereocenters. The van der Waals surface area contributed by atoms with Gasteiger partial charge in [-0.05, 0) is 32.4 Å². The molecule has 5 heteroatoms. The van der Waals surface area contributed by atoms with Crippen molar-refractivity contribution in [2.24, 2.45) is 0 Å². The number of hydrogen-bond donors (Lipinski definition) is 1. The van der Waals surface area contributed by atoms with Crippen molar-refractivity contribution in [1.29, 1.82) is 0 Å². The number of hydrogen-bond acceptors (Lipinski definition) is 3. The first-order valence-electron chi connectivity index (χ1n) is 6.00. The summed E-state index contributed by atoms with van der Waals surface area (Å²) in [7, 11) is 0. The molecule has 1 aromatic heterocycles. The van der Waals surface area contributed by atoms with Crippen LogP contribution in [0.4, 0.5) is 5.82 Å².